The predicted molar refractivity (Wildman–Crippen MR) is 106 cm³/mol. The van der Waals surface area contributed by atoms with Gasteiger partial charge in [0, 0.05) is 63.8 Å². The number of amides is 3. The van der Waals surface area contributed by atoms with E-state index in [0.29, 0.717) is 17.4 Å². The van der Waals surface area contributed by atoms with Crippen molar-refractivity contribution in [3.05, 3.63) is 35.4 Å². The van der Waals surface area contributed by atoms with Crippen molar-refractivity contribution in [1.29, 1.82) is 0 Å². The van der Waals surface area contributed by atoms with Crippen LogP contribution in [-0.2, 0) is 10.3 Å². The molecule has 3 N–H and O–H groups in total. The molecule has 7 heteroatoms. The van der Waals surface area contributed by atoms with Gasteiger partial charge >= 0.3 is 6.03 Å². The lowest BCUT2D eigenvalue weighted by Gasteiger charge is -2.55. The minimum Gasteiger partial charge on any atom is -0.373 e. The van der Waals surface area contributed by atoms with Gasteiger partial charge in [-0.1, -0.05) is 18.6 Å². The van der Waals surface area contributed by atoms with E-state index >= 15 is 0 Å². The van der Waals surface area contributed by atoms with Gasteiger partial charge in [0.1, 0.15) is 5.60 Å². The topological polar surface area (TPSA) is 87.9 Å². The van der Waals surface area contributed by atoms with Crippen LogP contribution in [0.15, 0.2) is 24.3 Å². The number of benzene rings is 1. The van der Waals surface area contributed by atoms with Crippen molar-refractivity contribution in [3.63, 3.8) is 0 Å². The number of hydrogen-bond donors (Lipinski definition) is 2. The first-order chi connectivity index (χ1) is 13.5. The van der Waals surface area contributed by atoms with Gasteiger partial charge in [-0.2, -0.15) is 0 Å². The molecule has 3 amide bonds. The fourth-order valence-electron chi connectivity index (χ4n) is 5.53. The van der Waals surface area contributed by atoms with Crippen LogP contribution in [0.3, 0.4) is 0 Å². The Bertz CT molecular complexity index is 739. The average molecular weight is 386 g/mol. The number of methoxy groups -OCH3 is 1. The van der Waals surface area contributed by atoms with Gasteiger partial charge in [-0.05, 0) is 30.5 Å². The maximum absolute atomic E-state index is 11.8. The maximum Gasteiger partial charge on any atom is 0.317 e. The molecule has 2 saturated heterocycles. The molecule has 3 aliphatic rings. The molecule has 0 aromatic heterocycles. The average Bonchev–Trinajstić information content (AvgIpc) is 3.10. The van der Waals surface area contributed by atoms with Gasteiger partial charge in [-0.3, -0.25) is 4.79 Å². The number of primary amides is 1. The lowest BCUT2D eigenvalue weighted by atomic mass is 9.62. The molecule has 7 nitrogen and oxygen atoms in total. The number of ether oxygens (including phenoxy) is 1. The van der Waals surface area contributed by atoms with Crippen LogP contribution in [0, 0.1) is 11.8 Å². The van der Waals surface area contributed by atoms with Gasteiger partial charge in [0.25, 0.3) is 0 Å². The number of hydrogen-bond acceptors (Lipinski definition) is 4. The van der Waals surface area contributed by atoms with Gasteiger partial charge in [-0.15, -0.1) is 0 Å². The minimum atomic E-state index is -0.403. The van der Waals surface area contributed by atoms with E-state index in [0.717, 1.165) is 57.7 Å². The second kappa shape index (κ2) is 7.72. The molecule has 1 aliphatic carbocycles. The van der Waals surface area contributed by atoms with E-state index < -0.39 is 5.91 Å². The highest BCUT2D eigenvalue weighted by atomic mass is 16.5. The van der Waals surface area contributed by atoms with Crippen LogP contribution in [0.25, 0.3) is 0 Å². The van der Waals surface area contributed by atoms with Crippen LogP contribution < -0.4 is 11.1 Å². The van der Waals surface area contributed by atoms with E-state index in [-0.39, 0.29) is 11.6 Å². The van der Waals surface area contributed by atoms with E-state index in [1.54, 1.807) is 13.2 Å². The first kappa shape index (κ1) is 19.2. The van der Waals surface area contributed by atoms with E-state index in [4.69, 9.17) is 10.5 Å². The maximum atomic E-state index is 11.8. The number of fused-ring (bicyclic) bond motifs is 2. The quantitative estimate of drug-likeness (QED) is 0.773. The molecular weight excluding hydrogens is 356 g/mol. The summed E-state index contributed by atoms with van der Waals surface area (Å²) in [6.45, 7) is 5.08. The Kier molecular flexibility index (Phi) is 5.29. The second-order valence-electron chi connectivity index (χ2n) is 8.25. The molecule has 3 atom stereocenters. The number of rotatable bonds is 6. The highest BCUT2D eigenvalue weighted by Crippen LogP contribution is 2.51. The molecule has 4 rings (SSSR count). The Morgan fingerprint density at radius 3 is 2.64 bits per heavy atom. The molecule has 1 aromatic rings. The number of piperidine rings is 1. The summed E-state index contributed by atoms with van der Waals surface area (Å²) >= 11 is 0. The summed E-state index contributed by atoms with van der Waals surface area (Å²) < 4.78 is 6.26. The third kappa shape index (κ3) is 3.26. The summed E-state index contributed by atoms with van der Waals surface area (Å²) in [5, 5.41) is 2.87. The number of likely N-dealkylation sites (tertiary alicyclic amines) is 1. The Hall–Kier alpha value is -2.12. The molecule has 3 fully saturated rings. The standard InChI is InChI=1S/C21H30N4O3/c1-28-21(16-5-2-4-15(12-16)19(22)26)17-6-3-7-18(21)14-24(13-17)10-11-25-9-8-23-20(25)27/h2,4-5,12,17-18H,3,6-11,13-14H2,1H3,(H2,22,26)(H,23,27)/t17-,18+,21+. The van der Waals surface area contributed by atoms with Crippen LogP contribution in [-0.4, -0.2) is 68.1 Å². The highest BCUT2D eigenvalue weighted by Gasteiger charge is 2.53. The molecular formula is C21H30N4O3. The zero-order valence-corrected chi connectivity index (χ0v) is 16.5. The molecule has 0 spiro atoms. The van der Waals surface area contributed by atoms with Crippen LogP contribution in [0.1, 0.15) is 35.2 Å². The fraction of sp³-hybridized carbons (Fsp3) is 0.619. The van der Waals surface area contributed by atoms with Crippen molar-refractivity contribution in [2.45, 2.75) is 24.9 Å². The van der Waals surface area contributed by atoms with E-state index in [1.807, 2.05) is 17.0 Å². The second-order valence-corrected chi connectivity index (χ2v) is 8.25. The zero-order chi connectivity index (χ0) is 19.7. The lowest BCUT2D eigenvalue weighted by molar-refractivity contribution is -0.169. The Morgan fingerprint density at radius 2 is 2.04 bits per heavy atom. The van der Waals surface area contributed by atoms with Gasteiger partial charge in [0.2, 0.25) is 5.91 Å². The third-order valence-electron chi connectivity index (χ3n) is 6.84. The summed E-state index contributed by atoms with van der Waals surface area (Å²) in [5.41, 5.74) is 6.76. The number of urea groups is 1. The van der Waals surface area contributed by atoms with Crippen LogP contribution in [0.5, 0.6) is 0 Å². The van der Waals surface area contributed by atoms with E-state index in [1.165, 1.54) is 6.42 Å². The van der Waals surface area contributed by atoms with Crippen LogP contribution >= 0.6 is 0 Å². The Balaban J connectivity index is 1.54. The Morgan fingerprint density at radius 1 is 1.29 bits per heavy atom. The van der Waals surface area contributed by atoms with Crippen molar-refractivity contribution >= 4 is 11.9 Å². The van der Waals surface area contributed by atoms with Crippen molar-refractivity contribution in [2.75, 3.05) is 46.4 Å². The normalized spacial score (nSPS) is 30.3. The van der Waals surface area contributed by atoms with Gasteiger partial charge in [0.15, 0.2) is 0 Å². The first-order valence-corrected chi connectivity index (χ1v) is 10.2. The molecule has 2 heterocycles. The summed E-state index contributed by atoms with van der Waals surface area (Å²) in [6, 6.07) is 7.71. The molecule has 152 valence electrons. The predicted octanol–water partition coefficient (Wildman–Crippen LogP) is 1.38. The highest BCUT2D eigenvalue weighted by molar-refractivity contribution is 5.92. The molecule has 0 unspecified atom stereocenters. The van der Waals surface area contributed by atoms with Gasteiger partial charge in [-0.25, -0.2) is 4.79 Å². The smallest absolute Gasteiger partial charge is 0.317 e. The number of nitrogens with zero attached hydrogens (tertiary/aromatic N) is 2. The zero-order valence-electron chi connectivity index (χ0n) is 16.5. The van der Waals surface area contributed by atoms with Gasteiger partial charge in [0.05, 0.1) is 0 Å². The molecule has 1 aromatic carbocycles. The van der Waals surface area contributed by atoms with Crippen molar-refractivity contribution in [3.8, 4) is 0 Å². The molecule has 28 heavy (non-hydrogen) atoms. The molecule has 2 aliphatic heterocycles. The molecule has 0 radical (unpaired) electrons. The third-order valence-corrected chi connectivity index (χ3v) is 6.84. The number of carbonyl (C=O) groups is 2. The summed E-state index contributed by atoms with van der Waals surface area (Å²) in [6.07, 6.45) is 3.41. The SMILES string of the molecule is CO[C@@]1(c2cccc(C(N)=O)c2)[C@@H]2CCC[C@H]1CN(CCN1CCNC1=O)C2. The minimum absolute atomic E-state index is 0.0479. The molecule has 2 bridgehead atoms. The van der Waals surface area contributed by atoms with Crippen molar-refractivity contribution < 1.29 is 14.3 Å². The number of nitrogens with one attached hydrogen (secondary N) is 1. The van der Waals surface area contributed by atoms with Crippen LogP contribution in [0.4, 0.5) is 4.79 Å². The summed E-state index contributed by atoms with van der Waals surface area (Å²) in [4.78, 5) is 27.9. The Labute approximate surface area is 166 Å². The largest absolute Gasteiger partial charge is 0.373 e. The van der Waals surface area contributed by atoms with Crippen molar-refractivity contribution in [1.82, 2.24) is 15.1 Å². The number of carbonyl (C=O) groups excluding carboxylic acids is 2. The number of nitrogens with two attached hydrogens (primary N) is 1. The van der Waals surface area contributed by atoms with E-state index in [9.17, 15) is 9.59 Å². The monoisotopic (exact) mass is 386 g/mol. The first-order valence-electron chi connectivity index (χ1n) is 10.2. The summed E-state index contributed by atoms with van der Waals surface area (Å²) in [5.74, 6) is 0.320. The lowest BCUT2D eigenvalue weighted by Crippen LogP contribution is -2.59. The summed E-state index contributed by atoms with van der Waals surface area (Å²) in [7, 11) is 1.80. The fourth-order valence-corrected chi connectivity index (χ4v) is 5.53. The van der Waals surface area contributed by atoms with Crippen LogP contribution in [0.2, 0.25) is 0 Å². The van der Waals surface area contributed by atoms with Gasteiger partial charge < -0.3 is 25.6 Å². The van der Waals surface area contributed by atoms with Crippen molar-refractivity contribution in [2.24, 2.45) is 17.6 Å². The van der Waals surface area contributed by atoms with E-state index in [2.05, 4.69) is 16.3 Å². The molecule has 1 saturated carbocycles.